The molecule has 0 saturated carbocycles. The number of aliphatic imine (C=N–C) groups is 1. The molecule has 0 aliphatic heterocycles. The molecule has 3 N–H and O–H groups in total. The fourth-order valence-corrected chi connectivity index (χ4v) is 1.09. The molecular weight excluding hydrogens is 181 g/mol. The predicted octanol–water partition coefficient (Wildman–Crippen LogP) is 1.44. The molecular formula is C10H14FN3. The number of halogens is 1. The third-order valence-electron chi connectivity index (χ3n) is 1.62. The molecule has 4 heteroatoms. The van der Waals surface area contributed by atoms with Crippen LogP contribution in [0, 0.1) is 5.82 Å². The molecule has 14 heavy (non-hydrogen) atoms. The van der Waals surface area contributed by atoms with Gasteiger partial charge in [-0.15, -0.1) is 0 Å². The van der Waals surface area contributed by atoms with E-state index in [2.05, 4.69) is 10.4 Å². The maximum atomic E-state index is 12.9. The van der Waals surface area contributed by atoms with Crippen molar-refractivity contribution in [2.24, 2.45) is 10.8 Å². The van der Waals surface area contributed by atoms with Crippen molar-refractivity contribution in [3.63, 3.8) is 0 Å². The van der Waals surface area contributed by atoms with Gasteiger partial charge in [-0.25, -0.2) is 10.2 Å². The van der Waals surface area contributed by atoms with Crippen LogP contribution in [0.3, 0.4) is 0 Å². The summed E-state index contributed by atoms with van der Waals surface area (Å²) in [5.74, 6) is 5.50. The fourth-order valence-electron chi connectivity index (χ4n) is 1.09. The topological polar surface area (TPSA) is 50.4 Å². The number of hydrazine groups is 1. The molecule has 0 bridgehead atoms. The zero-order valence-corrected chi connectivity index (χ0v) is 8.29. The van der Waals surface area contributed by atoms with Gasteiger partial charge in [-0.2, -0.15) is 0 Å². The van der Waals surface area contributed by atoms with Crippen molar-refractivity contribution in [3.05, 3.63) is 35.6 Å². The van der Waals surface area contributed by atoms with Crippen molar-refractivity contribution in [3.8, 4) is 0 Å². The third-order valence-corrected chi connectivity index (χ3v) is 1.62. The first-order valence-corrected chi connectivity index (χ1v) is 4.44. The van der Waals surface area contributed by atoms with Crippen molar-refractivity contribution < 1.29 is 4.39 Å². The van der Waals surface area contributed by atoms with Gasteiger partial charge in [0.1, 0.15) is 11.7 Å². The van der Waals surface area contributed by atoms with E-state index in [1.165, 1.54) is 12.1 Å². The van der Waals surface area contributed by atoms with E-state index in [-0.39, 0.29) is 11.9 Å². The number of benzene rings is 1. The lowest BCUT2D eigenvalue weighted by atomic mass is 10.2. The van der Waals surface area contributed by atoms with Crippen LogP contribution in [0.1, 0.15) is 19.4 Å². The second-order valence-electron chi connectivity index (χ2n) is 3.23. The SMILES string of the molecule is CC(C)N=C(NN)c1cccc(F)c1. The summed E-state index contributed by atoms with van der Waals surface area (Å²) in [5, 5.41) is 0. The molecule has 0 heterocycles. The first kappa shape index (κ1) is 10.7. The molecule has 0 saturated heterocycles. The molecule has 0 spiro atoms. The highest BCUT2D eigenvalue weighted by atomic mass is 19.1. The number of nitrogens with one attached hydrogen (secondary N) is 1. The molecule has 3 nitrogen and oxygen atoms in total. The Labute approximate surface area is 82.8 Å². The van der Waals surface area contributed by atoms with Crippen molar-refractivity contribution in [2.75, 3.05) is 0 Å². The summed E-state index contributed by atoms with van der Waals surface area (Å²) in [4.78, 5) is 4.22. The van der Waals surface area contributed by atoms with Crippen molar-refractivity contribution in [1.29, 1.82) is 0 Å². The van der Waals surface area contributed by atoms with Gasteiger partial charge in [-0.05, 0) is 26.0 Å². The number of hydrogen-bond donors (Lipinski definition) is 2. The normalized spacial score (nSPS) is 11.9. The highest BCUT2D eigenvalue weighted by molar-refractivity contribution is 5.98. The van der Waals surface area contributed by atoms with Crippen molar-refractivity contribution in [1.82, 2.24) is 5.43 Å². The summed E-state index contributed by atoms with van der Waals surface area (Å²) >= 11 is 0. The molecule has 0 amide bonds. The zero-order chi connectivity index (χ0) is 10.6. The van der Waals surface area contributed by atoms with E-state index in [1.54, 1.807) is 12.1 Å². The average Bonchev–Trinajstić information content (AvgIpc) is 2.14. The second kappa shape index (κ2) is 4.72. The van der Waals surface area contributed by atoms with Crippen molar-refractivity contribution >= 4 is 5.84 Å². The van der Waals surface area contributed by atoms with Crippen LogP contribution in [0.15, 0.2) is 29.3 Å². The van der Waals surface area contributed by atoms with Crippen LogP contribution in [0.4, 0.5) is 4.39 Å². The van der Waals surface area contributed by atoms with Crippen LogP contribution in [-0.4, -0.2) is 11.9 Å². The molecule has 0 radical (unpaired) electrons. The summed E-state index contributed by atoms with van der Waals surface area (Å²) in [6, 6.07) is 6.26. The van der Waals surface area contributed by atoms with Crippen LogP contribution < -0.4 is 11.3 Å². The van der Waals surface area contributed by atoms with E-state index in [4.69, 9.17) is 5.84 Å². The van der Waals surface area contributed by atoms with Crippen LogP contribution in [0.2, 0.25) is 0 Å². The second-order valence-corrected chi connectivity index (χ2v) is 3.23. The first-order chi connectivity index (χ1) is 6.63. The molecule has 0 unspecified atom stereocenters. The zero-order valence-electron chi connectivity index (χ0n) is 8.29. The minimum Gasteiger partial charge on any atom is -0.308 e. The van der Waals surface area contributed by atoms with Crippen LogP contribution in [0.25, 0.3) is 0 Å². The molecule has 1 rings (SSSR count). The summed E-state index contributed by atoms with van der Waals surface area (Å²) in [5.41, 5.74) is 3.11. The van der Waals surface area contributed by atoms with E-state index in [9.17, 15) is 4.39 Å². The molecule has 0 atom stereocenters. The number of hydrogen-bond acceptors (Lipinski definition) is 2. The Hall–Kier alpha value is -1.42. The lowest BCUT2D eigenvalue weighted by Crippen LogP contribution is -2.32. The van der Waals surface area contributed by atoms with Gasteiger partial charge in [-0.3, -0.25) is 4.99 Å². The molecule has 0 fully saturated rings. The lowest BCUT2D eigenvalue weighted by Gasteiger charge is -2.07. The average molecular weight is 195 g/mol. The predicted molar refractivity (Wildman–Crippen MR) is 55.4 cm³/mol. The van der Waals surface area contributed by atoms with Gasteiger partial charge < -0.3 is 5.43 Å². The number of nitrogens with zero attached hydrogens (tertiary/aromatic N) is 1. The Balaban J connectivity index is 3.01. The lowest BCUT2D eigenvalue weighted by molar-refractivity contribution is 0.627. The largest absolute Gasteiger partial charge is 0.308 e. The van der Waals surface area contributed by atoms with E-state index in [0.29, 0.717) is 11.4 Å². The van der Waals surface area contributed by atoms with Gasteiger partial charge in [0.25, 0.3) is 0 Å². The number of amidine groups is 1. The third kappa shape index (κ3) is 2.81. The highest BCUT2D eigenvalue weighted by Crippen LogP contribution is 2.04. The van der Waals surface area contributed by atoms with Gasteiger partial charge in [-0.1, -0.05) is 12.1 Å². The molecule has 76 valence electrons. The van der Waals surface area contributed by atoms with E-state index in [0.717, 1.165) is 0 Å². The molecule has 0 aromatic heterocycles. The summed E-state index contributed by atoms with van der Waals surface area (Å²) < 4.78 is 12.9. The van der Waals surface area contributed by atoms with Gasteiger partial charge >= 0.3 is 0 Å². The van der Waals surface area contributed by atoms with Crippen LogP contribution in [-0.2, 0) is 0 Å². The molecule has 0 aliphatic carbocycles. The minimum atomic E-state index is -0.297. The van der Waals surface area contributed by atoms with Crippen LogP contribution in [0.5, 0.6) is 0 Å². The maximum absolute atomic E-state index is 12.9. The summed E-state index contributed by atoms with van der Waals surface area (Å²) in [6.45, 7) is 3.85. The fraction of sp³-hybridized carbons (Fsp3) is 0.300. The highest BCUT2D eigenvalue weighted by Gasteiger charge is 2.03. The van der Waals surface area contributed by atoms with E-state index < -0.39 is 0 Å². The number of nitrogens with two attached hydrogens (primary N) is 1. The van der Waals surface area contributed by atoms with Gasteiger partial charge in [0.05, 0.1) is 0 Å². The maximum Gasteiger partial charge on any atom is 0.142 e. The van der Waals surface area contributed by atoms with Gasteiger partial charge in [0.2, 0.25) is 0 Å². The Bertz CT molecular complexity index is 334. The van der Waals surface area contributed by atoms with Crippen molar-refractivity contribution in [2.45, 2.75) is 19.9 Å². The van der Waals surface area contributed by atoms with Gasteiger partial charge in [0.15, 0.2) is 0 Å². The molecule has 1 aromatic rings. The molecule has 1 aromatic carbocycles. The Morgan fingerprint density at radius 2 is 2.21 bits per heavy atom. The minimum absolute atomic E-state index is 0.115. The van der Waals surface area contributed by atoms with Gasteiger partial charge in [0, 0.05) is 11.6 Å². The Kier molecular flexibility index (Phi) is 3.59. The van der Waals surface area contributed by atoms with E-state index >= 15 is 0 Å². The Morgan fingerprint density at radius 1 is 1.50 bits per heavy atom. The van der Waals surface area contributed by atoms with E-state index in [1.807, 2.05) is 13.8 Å². The monoisotopic (exact) mass is 195 g/mol. The molecule has 0 aliphatic rings. The summed E-state index contributed by atoms with van der Waals surface area (Å²) in [7, 11) is 0. The Morgan fingerprint density at radius 3 is 2.71 bits per heavy atom. The standard InChI is InChI=1S/C10H14FN3/c1-7(2)13-10(14-12)8-4-3-5-9(11)6-8/h3-7H,12H2,1-2H3,(H,13,14). The quantitative estimate of drug-likeness (QED) is 0.325. The first-order valence-electron chi connectivity index (χ1n) is 4.44. The number of rotatable bonds is 2. The van der Waals surface area contributed by atoms with Crippen LogP contribution >= 0.6 is 0 Å². The summed E-state index contributed by atoms with van der Waals surface area (Å²) in [6.07, 6.45) is 0. The smallest absolute Gasteiger partial charge is 0.142 e.